The van der Waals surface area contributed by atoms with Crippen LogP contribution in [-0.4, -0.2) is 37.0 Å². The first-order chi connectivity index (χ1) is 9.11. The molecular weight excluding hydrogens is 308 g/mol. The predicted molar refractivity (Wildman–Crippen MR) is 78.2 cm³/mol. The topological polar surface area (TPSA) is 55.6 Å². The van der Waals surface area contributed by atoms with E-state index in [4.69, 9.17) is 10.5 Å². The molecule has 2 N–H and O–H groups in total. The van der Waals surface area contributed by atoms with Gasteiger partial charge < -0.3 is 15.4 Å². The Balaban J connectivity index is 2.07. The highest BCUT2D eigenvalue weighted by atomic mass is 79.9. The average Bonchev–Trinajstić information content (AvgIpc) is 2.92. The highest BCUT2D eigenvalue weighted by molar-refractivity contribution is 9.10. The number of benzene rings is 1. The number of hydrogen-bond acceptors (Lipinski definition) is 3. The molecule has 104 valence electrons. The molecule has 1 aliphatic heterocycles. The van der Waals surface area contributed by atoms with E-state index in [0.29, 0.717) is 6.42 Å². The molecule has 1 fully saturated rings. The number of nitrogens with two attached hydrogens (primary N) is 1. The summed E-state index contributed by atoms with van der Waals surface area (Å²) in [4.78, 5) is 14.0. The van der Waals surface area contributed by atoms with E-state index < -0.39 is 6.04 Å². The number of amides is 1. The van der Waals surface area contributed by atoms with Crippen molar-refractivity contribution in [2.75, 3.05) is 20.2 Å². The predicted octanol–water partition coefficient (Wildman–Crippen LogP) is 1.95. The number of carbonyl (C=O) groups is 1. The Labute approximate surface area is 122 Å². The molecule has 0 radical (unpaired) electrons. The van der Waals surface area contributed by atoms with Crippen LogP contribution in [0.4, 0.5) is 0 Å². The van der Waals surface area contributed by atoms with Gasteiger partial charge in [0.15, 0.2) is 0 Å². The number of hydrogen-bond donors (Lipinski definition) is 1. The molecule has 1 amide bonds. The van der Waals surface area contributed by atoms with E-state index in [1.54, 1.807) is 7.11 Å². The number of methoxy groups -OCH3 is 1. The van der Waals surface area contributed by atoms with Crippen molar-refractivity contribution in [3.05, 3.63) is 28.2 Å². The summed E-state index contributed by atoms with van der Waals surface area (Å²) in [5.41, 5.74) is 7.00. The first-order valence-electron chi connectivity index (χ1n) is 6.48. The van der Waals surface area contributed by atoms with E-state index in [9.17, 15) is 4.79 Å². The monoisotopic (exact) mass is 326 g/mol. The van der Waals surface area contributed by atoms with Gasteiger partial charge in [0.1, 0.15) is 5.75 Å². The third kappa shape index (κ3) is 3.48. The molecule has 1 aromatic carbocycles. The average molecular weight is 327 g/mol. The van der Waals surface area contributed by atoms with Gasteiger partial charge >= 0.3 is 0 Å². The Morgan fingerprint density at radius 3 is 2.79 bits per heavy atom. The summed E-state index contributed by atoms with van der Waals surface area (Å²) in [5, 5.41) is 0. The molecule has 1 heterocycles. The van der Waals surface area contributed by atoms with Crippen LogP contribution in [0.25, 0.3) is 0 Å². The minimum Gasteiger partial charge on any atom is -0.496 e. The van der Waals surface area contributed by atoms with Crippen molar-refractivity contribution >= 4 is 21.8 Å². The fourth-order valence-electron chi connectivity index (χ4n) is 2.40. The number of carbonyl (C=O) groups excluding carboxylic acids is 1. The van der Waals surface area contributed by atoms with Crippen molar-refractivity contribution < 1.29 is 9.53 Å². The van der Waals surface area contributed by atoms with Crippen LogP contribution in [0.3, 0.4) is 0 Å². The normalized spacial score (nSPS) is 16.5. The molecule has 1 aliphatic rings. The van der Waals surface area contributed by atoms with Crippen molar-refractivity contribution in [1.82, 2.24) is 4.90 Å². The van der Waals surface area contributed by atoms with Gasteiger partial charge in [0.25, 0.3) is 0 Å². The van der Waals surface area contributed by atoms with Crippen LogP contribution < -0.4 is 10.5 Å². The molecule has 19 heavy (non-hydrogen) atoms. The molecule has 2 rings (SSSR count). The van der Waals surface area contributed by atoms with E-state index in [0.717, 1.165) is 41.7 Å². The summed E-state index contributed by atoms with van der Waals surface area (Å²) in [6.07, 6.45) is 2.66. The van der Waals surface area contributed by atoms with Crippen LogP contribution in [0.1, 0.15) is 18.4 Å². The van der Waals surface area contributed by atoms with Gasteiger partial charge in [-0.25, -0.2) is 0 Å². The van der Waals surface area contributed by atoms with E-state index in [1.807, 2.05) is 23.1 Å². The smallest absolute Gasteiger partial charge is 0.239 e. The SMILES string of the molecule is COc1ccc(Br)cc1CC(N)C(=O)N1CCCC1. The van der Waals surface area contributed by atoms with Gasteiger partial charge in [0.2, 0.25) is 5.91 Å². The Hall–Kier alpha value is -1.07. The first-order valence-corrected chi connectivity index (χ1v) is 7.28. The van der Waals surface area contributed by atoms with Crippen molar-refractivity contribution in [2.24, 2.45) is 5.73 Å². The van der Waals surface area contributed by atoms with Crippen LogP contribution in [0, 0.1) is 0 Å². The van der Waals surface area contributed by atoms with Gasteiger partial charge in [-0.1, -0.05) is 15.9 Å². The molecule has 0 bridgehead atoms. The van der Waals surface area contributed by atoms with Crippen molar-refractivity contribution in [2.45, 2.75) is 25.3 Å². The van der Waals surface area contributed by atoms with Crippen LogP contribution in [0.2, 0.25) is 0 Å². The standard InChI is InChI=1S/C14H19BrN2O2/c1-19-13-5-4-11(15)8-10(13)9-12(16)14(18)17-6-2-3-7-17/h4-5,8,12H,2-3,6-7,9,16H2,1H3. The number of ether oxygens (including phenoxy) is 1. The molecule has 0 saturated carbocycles. The largest absolute Gasteiger partial charge is 0.496 e. The van der Waals surface area contributed by atoms with Crippen molar-refractivity contribution in [1.29, 1.82) is 0 Å². The molecule has 0 aliphatic carbocycles. The second-order valence-corrected chi connectivity index (χ2v) is 5.71. The highest BCUT2D eigenvalue weighted by Gasteiger charge is 2.24. The first kappa shape index (κ1) is 14.3. The van der Waals surface area contributed by atoms with Gasteiger partial charge in [-0.05, 0) is 36.6 Å². The number of halogens is 1. The lowest BCUT2D eigenvalue weighted by Gasteiger charge is -2.21. The summed E-state index contributed by atoms with van der Waals surface area (Å²) in [6, 6.07) is 5.25. The molecule has 0 spiro atoms. The van der Waals surface area contributed by atoms with Gasteiger partial charge in [-0.15, -0.1) is 0 Å². The zero-order valence-corrected chi connectivity index (χ0v) is 12.6. The van der Waals surface area contributed by atoms with Crippen LogP contribution >= 0.6 is 15.9 Å². The summed E-state index contributed by atoms with van der Waals surface area (Å²) < 4.78 is 6.27. The molecule has 1 saturated heterocycles. The summed E-state index contributed by atoms with van der Waals surface area (Å²) in [7, 11) is 1.63. The molecule has 1 unspecified atom stereocenters. The lowest BCUT2D eigenvalue weighted by molar-refractivity contribution is -0.131. The Kier molecular flexibility index (Phi) is 4.82. The lowest BCUT2D eigenvalue weighted by Crippen LogP contribution is -2.43. The van der Waals surface area contributed by atoms with Gasteiger partial charge in [-0.3, -0.25) is 4.79 Å². The molecule has 4 nitrogen and oxygen atoms in total. The third-order valence-corrected chi connectivity index (χ3v) is 3.91. The van der Waals surface area contributed by atoms with Crippen molar-refractivity contribution in [3.8, 4) is 5.75 Å². The van der Waals surface area contributed by atoms with E-state index in [2.05, 4.69) is 15.9 Å². The summed E-state index contributed by atoms with van der Waals surface area (Å²) in [5.74, 6) is 0.812. The summed E-state index contributed by atoms with van der Waals surface area (Å²) >= 11 is 3.43. The van der Waals surface area contributed by atoms with Crippen LogP contribution in [0.15, 0.2) is 22.7 Å². The number of likely N-dealkylation sites (tertiary alicyclic amines) is 1. The maximum Gasteiger partial charge on any atom is 0.239 e. The van der Waals surface area contributed by atoms with Crippen LogP contribution in [-0.2, 0) is 11.2 Å². The number of rotatable bonds is 4. The van der Waals surface area contributed by atoms with E-state index in [-0.39, 0.29) is 5.91 Å². The Morgan fingerprint density at radius 2 is 2.16 bits per heavy atom. The summed E-state index contributed by atoms with van der Waals surface area (Å²) in [6.45, 7) is 1.67. The lowest BCUT2D eigenvalue weighted by atomic mass is 10.0. The van der Waals surface area contributed by atoms with Crippen molar-refractivity contribution in [3.63, 3.8) is 0 Å². The molecular formula is C14H19BrN2O2. The fraction of sp³-hybridized carbons (Fsp3) is 0.500. The van der Waals surface area contributed by atoms with E-state index >= 15 is 0 Å². The van der Waals surface area contributed by atoms with Gasteiger partial charge in [0, 0.05) is 24.0 Å². The molecule has 1 aromatic rings. The second-order valence-electron chi connectivity index (χ2n) is 4.80. The minimum atomic E-state index is -0.499. The Morgan fingerprint density at radius 1 is 1.47 bits per heavy atom. The van der Waals surface area contributed by atoms with E-state index in [1.165, 1.54) is 0 Å². The quantitative estimate of drug-likeness (QED) is 0.920. The molecule has 0 aromatic heterocycles. The van der Waals surface area contributed by atoms with Gasteiger partial charge in [-0.2, -0.15) is 0 Å². The van der Waals surface area contributed by atoms with Gasteiger partial charge in [0.05, 0.1) is 13.2 Å². The second kappa shape index (κ2) is 6.39. The number of nitrogens with zero attached hydrogens (tertiary/aromatic N) is 1. The zero-order valence-electron chi connectivity index (χ0n) is 11.1. The Bertz CT molecular complexity index is 459. The molecule has 5 heteroatoms. The third-order valence-electron chi connectivity index (χ3n) is 3.42. The minimum absolute atomic E-state index is 0.0412. The maximum absolute atomic E-state index is 12.2. The van der Waals surface area contributed by atoms with Crippen LogP contribution in [0.5, 0.6) is 5.75 Å². The maximum atomic E-state index is 12.2. The molecule has 1 atom stereocenters. The fourth-order valence-corrected chi connectivity index (χ4v) is 2.81. The zero-order chi connectivity index (χ0) is 13.8. The highest BCUT2D eigenvalue weighted by Crippen LogP contribution is 2.24.